The minimum Gasteiger partial charge on any atom is -0.445 e. The maximum atomic E-state index is 13.5. The number of alkyl carbamates (subject to hydrolysis) is 1. The molecule has 3 N–H and O–H groups in total. The van der Waals surface area contributed by atoms with Gasteiger partial charge in [0.05, 0.1) is 0 Å². The lowest BCUT2D eigenvalue weighted by Gasteiger charge is -2.24. The molecule has 9 nitrogen and oxygen atoms in total. The Hall–Kier alpha value is -4.92. The number of amides is 3. The Morgan fingerprint density at radius 2 is 1.48 bits per heavy atom. The number of benzene rings is 3. The van der Waals surface area contributed by atoms with E-state index in [0.29, 0.717) is 17.7 Å². The summed E-state index contributed by atoms with van der Waals surface area (Å²) in [6.07, 6.45) is -0.168. The van der Waals surface area contributed by atoms with Crippen LogP contribution in [0.1, 0.15) is 37.0 Å². The zero-order chi connectivity index (χ0) is 30.1. The Bertz CT molecular complexity index is 1580. The van der Waals surface area contributed by atoms with Crippen LogP contribution >= 0.6 is 0 Å². The monoisotopic (exact) mass is 569 g/mol. The van der Waals surface area contributed by atoms with Crippen molar-refractivity contribution in [1.29, 1.82) is 0 Å². The van der Waals surface area contributed by atoms with Crippen molar-refractivity contribution in [3.8, 4) is 0 Å². The van der Waals surface area contributed by atoms with Crippen molar-refractivity contribution in [1.82, 2.24) is 10.6 Å². The lowest BCUT2D eigenvalue weighted by Crippen LogP contribution is -2.53. The fourth-order valence-electron chi connectivity index (χ4n) is 4.57. The van der Waals surface area contributed by atoms with Gasteiger partial charge < -0.3 is 25.1 Å². The highest BCUT2D eigenvalue weighted by atomic mass is 16.5. The van der Waals surface area contributed by atoms with Gasteiger partial charge in [0.25, 0.3) is 0 Å². The van der Waals surface area contributed by atoms with Crippen molar-refractivity contribution in [2.75, 3.05) is 5.32 Å². The molecule has 0 aliphatic rings. The third-order valence-corrected chi connectivity index (χ3v) is 6.66. The zero-order valence-corrected chi connectivity index (χ0v) is 23.9. The molecule has 2 atom stereocenters. The molecule has 0 aliphatic heterocycles. The second kappa shape index (κ2) is 14.1. The molecule has 4 rings (SSSR count). The molecule has 9 heteroatoms. The average Bonchev–Trinajstić information content (AvgIpc) is 2.96. The number of fused-ring (bicyclic) bond motifs is 1. The van der Waals surface area contributed by atoms with Crippen LogP contribution in [0.5, 0.6) is 0 Å². The Morgan fingerprint density at radius 3 is 2.14 bits per heavy atom. The minimum absolute atomic E-state index is 0.0626. The third-order valence-electron chi connectivity index (χ3n) is 6.66. The molecular weight excluding hydrogens is 534 g/mol. The van der Waals surface area contributed by atoms with Crippen molar-refractivity contribution in [3.63, 3.8) is 0 Å². The highest BCUT2D eigenvalue weighted by Gasteiger charge is 2.28. The van der Waals surface area contributed by atoms with Gasteiger partial charge in [-0.2, -0.15) is 0 Å². The SMILES string of the molecule is Cc1cc(=O)oc2cc(NC(=O)[C@H](Cc3ccccc3)NC(=O)[C@H](CC(C)C)NC(=O)OCc3ccccc3)ccc12. The van der Waals surface area contributed by atoms with Gasteiger partial charge in [0.15, 0.2) is 0 Å². The van der Waals surface area contributed by atoms with E-state index >= 15 is 0 Å². The highest BCUT2D eigenvalue weighted by molar-refractivity contribution is 5.99. The number of hydrogen-bond donors (Lipinski definition) is 3. The predicted octanol–water partition coefficient (Wildman–Crippen LogP) is 5.11. The van der Waals surface area contributed by atoms with Gasteiger partial charge in [-0.3, -0.25) is 9.59 Å². The molecule has 0 saturated carbocycles. The van der Waals surface area contributed by atoms with Crippen molar-refractivity contribution >= 4 is 34.6 Å². The molecule has 0 fully saturated rings. The number of anilines is 1. The van der Waals surface area contributed by atoms with E-state index in [9.17, 15) is 19.2 Å². The second-order valence-electron chi connectivity index (χ2n) is 10.6. The van der Waals surface area contributed by atoms with Gasteiger partial charge in [-0.15, -0.1) is 0 Å². The summed E-state index contributed by atoms with van der Waals surface area (Å²) in [5.74, 6) is -0.889. The van der Waals surface area contributed by atoms with Gasteiger partial charge >= 0.3 is 11.7 Å². The number of nitrogens with one attached hydrogen (secondary N) is 3. The maximum absolute atomic E-state index is 13.5. The molecule has 3 aromatic carbocycles. The van der Waals surface area contributed by atoms with E-state index < -0.39 is 35.6 Å². The molecule has 218 valence electrons. The van der Waals surface area contributed by atoms with E-state index in [2.05, 4.69) is 16.0 Å². The first-order chi connectivity index (χ1) is 20.2. The number of hydrogen-bond acceptors (Lipinski definition) is 6. The predicted molar refractivity (Wildman–Crippen MR) is 161 cm³/mol. The van der Waals surface area contributed by atoms with Crippen LogP contribution in [0.25, 0.3) is 11.0 Å². The Balaban J connectivity index is 1.50. The average molecular weight is 570 g/mol. The van der Waals surface area contributed by atoms with E-state index in [0.717, 1.165) is 22.1 Å². The fourth-order valence-corrected chi connectivity index (χ4v) is 4.57. The molecule has 0 unspecified atom stereocenters. The van der Waals surface area contributed by atoms with Crippen LogP contribution in [0.15, 0.2) is 94.1 Å². The Kier molecular flexibility index (Phi) is 10.1. The summed E-state index contributed by atoms with van der Waals surface area (Å²) in [4.78, 5) is 51.5. The largest absolute Gasteiger partial charge is 0.445 e. The Morgan fingerprint density at radius 1 is 0.810 bits per heavy atom. The molecule has 42 heavy (non-hydrogen) atoms. The summed E-state index contributed by atoms with van der Waals surface area (Å²) >= 11 is 0. The van der Waals surface area contributed by atoms with E-state index in [4.69, 9.17) is 9.15 Å². The number of carbonyl (C=O) groups excluding carboxylic acids is 3. The molecule has 0 aliphatic carbocycles. The van der Waals surface area contributed by atoms with Crippen LogP contribution < -0.4 is 21.6 Å². The molecule has 0 spiro atoms. The summed E-state index contributed by atoms with van der Waals surface area (Å²) < 4.78 is 10.6. The van der Waals surface area contributed by atoms with Crippen LogP contribution in [0, 0.1) is 12.8 Å². The van der Waals surface area contributed by atoms with Crippen LogP contribution in [0.3, 0.4) is 0 Å². The van der Waals surface area contributed by atoms with Crippen molar-refractivity contribution in [2.24, 2.45) is 5.92 Å². The first kappa shape index (κ1) is 30.0. The molecule has 0 radical (unpaired) electrons. The smallest absolute Gasteiger partial charge is 0.408 e. The quantitative estimate of drug-likeness (QED) is 0.216. The lowest BCUT2D eigenvalue weighted by molar-refractivity contribution is -0.128. The van der Waals surface area contributed by atoms with Gasteiger partial charge in [-0.25, -0.2) is 9.59 Å². The fraction of sp³-hybridized carbons (Fsp3) is 0.273. The molecule has 0 bridgehead atoms. The number of aryl methyl sites for hydroxylation is 1. The van der Waals surface area contributed by atoms with Gasteiger partial charge in [-0.05, 0) is 48.1 Å². The molecule has 3 amide bonds. The zero-order valence-electron chi connectivity index (χ0n) is 23.9. The number of carbonyl (C=O) groups is 3. The summed E-state index contributed by atoms with van der Waals surface area (Å²) in [5, 5.41) is 9.07. The van der Waals surface area contributed by atoms with Crippen molar-refractivity contribution in [2.45, 2.75) is 52.3 Å². The first-order valence-electron chi connectivity index (χ1n) is 13.8. The van der Waals surface area contributed by atoms with E-state index in [-0.39, 0.29) is 18.9 Å². The topological polar surface area (TPSA) is 127 Å². The summed E-state index contributed by atoms with van der Waals surface area (Å²) in [6.45, 7) is 5.74. The number of rotatable bonds is 11. The molecule has 4 aromatic rings. The summed E-state index contributed by atoms with van der Waals surface area (Å²) in [7, 11) is 0. The Labute approximate surface area is 244 Å². The lowest BCUT2D eigenvalue weighted by atomic mass is 10.0. The van der Waals surface area contributed by atoms with Crippen LogP contribution in [-0.4, -0.2) is 30.0 Å². The molecule has 1 aromatic heterocycles. The first-order valence-corrected chi connectivity index (χ1v) is 13.8. The van der Waals surface area contributed by atoms with Crippen molar-refractivity contribution < 1.29 is 23.5 Å². The van der Waals surface area contributed by atoms with Crippen LogP contribution in [0.4, 0.5) is 10.5 Å². The third kappa shape index (κ3) is 8.54. The minimum atomic E-state index is -0.961. The second-order valence-corrected chi connectivity index (χ2v) is 10.6. The van der Waals surface area contributed by atoms with E-state index in [1.165, 1.54) is 6.07 Å². The van der Waals surface area contributed by atoms with E-state index in [1.54, 1.807) is 18.2 Å². The summed E-state index contributed by atoms with van der Waals surface area (Å²) in [6, 6.07) is 23.1. The normalized spacial score (nSPS) is 12.4. The van der Waals surface area contributed by atoms with E-state index in [1.807, 2.05) is 81.4 Å². The maximum Gasteiger partial charge on any atom is 0.408 e. The van der Waals surface area contributed by atoms with Crippen molar-refractivity contribution in [3.05, 3.63) is 112 Å². The van der Waals surface area contributed by atoms with Gasteiger partial charge in [0, 0.05) is 29.6 Å². The van der Waals surface area contributed by atoms with Gasteiger partial charge in [-0.1, -0.05) is 74.5 Å². The molecule has 1 heterocycles. The molecule has 0 saturated heterocycles. The van der Waals surface area contributed by atoms with Crippen LogP contribution in [0.2, 0.25) is 0 Å². The van der Waals surface area contributed by atoms with Gasteiger partial charge in [0.1, 0.15) is 24.3 Å². The number of ether oxygens (including phenoxy) is 1. The summed E-state index contributed by atoms with van der Waals surface area (Å²) in [5.41, 5.74) is 2.70. The highest BCUT2D eigenvalue weighted by Crippen LogP contribution is 2.21. The standard InChI is InChI=1S/C33H35N3O6/c1-21(2)16-27(36-33(40)41-20-24-12-8-5-9-13-24)32(39)35-28(18-23-10-6-4-7-11-23)31(38)34-25-14-15-26-22(3)17-30(37)42-29(26)19-25/h4-15,17,19,21,27-28H,16,18,20H2,1-3H3,(H,34,38)(H,35,39)(H,36,40)/t27-,28-/m0/s1. The van der Waals surface area contributed by atoms with Crippen LogP contribution in [-0.2, 0) is 27.4 Å². The molecular formula is C33H35N3O6. The van der Waals surface area contributed by atoms with Gasteiger partial charge in [0.2, 0.25) is 11.8 Å².